The van der Waals surface area contributed by atoms with Gasteiger partial charge in [0.05, 0.1) is 34.0 Å². The van der Waals surface area contributed by atoms with E-state index < -0.39 is 16.4 Å². The van der Waals surface area contributed by atoms with Gasteiger partial charge in [0.2, 0.25) is 0 Å². The number of amides is 1. The van der Waals surface area contributed by atoms with Crippen molar-refractivity contribution < 1.29 is 13.7 Å². The van der Waals surface area contributed by atoms with Gasteiger partial charge in [0.25, 0.3) is 11.5 Å². The maximum atomic E-state index is 13.7. The summed E-state index contributed by atoms with van der Waals surface area (Å²) in [5.41, 5.74) is 2.16. The van der Waals surface area contributed by atoms with Gasteiger partial charge in [0.15, 0.2) is 0 Å². The van der Waals surface area contributed by atoms with E-state index in [0.717, 1.165) is 5.39 Å². The number of H-pyrrole nitrogens is 1. The zero-order chi connectivity index (χ0) is 27.5. The largest absolute Gasteiger partial charge is 0.497 e. The summed E-state index contributed by atoms with van der Waals surface area (Å²) < 4.78 is 20.2. The van der Waals surface area contributed by atoms with E-state index in [1.165, 1.54) is 4.68 Å². The van der Waals surface area contributed by atoms with Crippen LogP contribution in [0.2, 0.25) is 0 Å². The number of methoxy groups -OCH3 is 1. The number of fused-ring (bicyclic) bond motifs is 1. The number of nitrogens with zero attached hydrogens (tertiary/aromatic N) is 3. The Kier molecular flexibility index (Phi) is 7.42. The van der Waals surface area contributed by atoms with Gasteiger partial charge in [-0.05, 0) is 67.9 Å². The number of anilines is 1. The van der Waals surface area contributed by atoms with Crippen molar-refractivity contribution in [3.63, 3.8) is 0 Å². The van der Waals surface area contributed by atoms with E-state index in [9.17, 15) is 13.8 Å². The molecule has 0 spiro atoms. The molecule has 0 fully saturated rings. The van der Waals surface area contributed by atoms with E-state index >= 15 is 0 Å². The van der Waals surface area contributed by atoms with Gasteiger partial charge in [0.1, 0.15) is 11.3 Å². The number of aromatic amines is 1. The molecular formula is C30H28N4O4S. The summed E-state index contributed by atoms with van der Waals surface area (Å²) in [6.07, 6.45) is 2.33. The number of benzene rings is 3. The maximum absolute atomic E-state index is 13.7. The molecule has 1 unspecified atom stereocenters. The molecule has 0 saturated carbocycles. The third-order valence-electron chi connectivity index (χ3n) is 6.46. The second-order valence-corrected chi connectivity index (χ2v) is 10.4. The smallest absolute Gasteiger partial charge is 0.284 e. The Morgan fingerprint density at radius 3 is 2.49 bits per heavy atom. The number of aromatic nitrogens is 3. The lowest BCUT2D eigenvalue weighted by Gasteiger charge is -2.22. The molecule has 1 atom stereocenters. The highest BCUT2D eigenvalue weighted by molar-refractivity contribution is 7.85. The minimum absolute atomic E-state index is 0.0960. The first-order valence-electron chi connectivity index (χ1n) is 12.6. The first kappa shape index (κ1) is 26.1. The zero-order valence-corrected chi connectivity index (χ0v) is 22.7. The van der Waals surface area contributed by atoms with Gasteiger partial charge in [-0.25, -0.2) is 8.89 Å². The molecule has 198 valence electrons. The summed E-state index contributed by atoms with van der Waals surface area (Å²) in [7, 11) is 0.121. The zero-order valence-electron chi connectivity index (χ0n) is 21.9. The average Bonchev–Trinajstić information content (AvgIpc) is 3.28. The molecule has 2 heterocycles. The standard InChI is InChI=1S/C30H28N4O4S/c1-4-18-33(29(35)28-20(2)32-34(30(28)36)22-8-6-5-7-9-22)21-10-13-24(14-11-21)39(37)27-16-17-31-26-19-23(38-3)12-15-25(26)27/h5-17,19,32H,4,18H2,1-3H3. The fraction of sp³-hybridized carbons (Fsp3) is 0.167. The molecular weight excluding hydrogens is 512 g/mol. The topological polar surface area (TPSA) is 97.3 Å². The van der Waals surface area contributed by atoms with Crippen LogP contribution in [0.3, 0.4) is 0 Å². The van der Waals surface area contributed by atoms with Crippen molar-refractivity contribution in [2.75, 3.05) is 18.6 Å². The highest BCUT2D eigenvalue weighted by atomic mass is 32.2. The lowest BCUT2D eigenvalue weighted by atomic mass is 10.2. The number of ether oxygens (including phenoxy) is 1. The Bertz CT molecular complexity index is 1730. The van der Waals surface area contributed by atoms with Crippen molar-refractivity contribution in [1.82, 2.24) is 14.8 Å². The van der Waals surface area contributed by atoms with E-state index in [-0.39, 0.29) is 11.5 Å². The Morgan fingerprint density at radius 1 is 1.05 bits per heavy atom. The number of para-hydroxylation sites is 1. The van der Waals surface area contributed by atoms with Crippen LogP contribution in [0, 0.1) is 6.92 Å². The van der Waals surface area contributed by atoms with Crippen LogP contribution in [-0.2, 0) is 10.8 Å². The summed E-state index contributed by atoms with van der Waals surface area (Å²) in [6, 6.07) is 23.4. The molecule has 39 heavy (non-hydrogen) atoms. The van der Waals surface area contributed by atoms with Crippen LogP contribution < -0.4 is 15.2 Å². The monoisotopic (exact) mass is 540 g/mol. The predicted octanol–water partition coefficient (Wildman–Crippen LogP) is 5.25. The van der Waals surface area contributed by atoms with Gasteiger partial charge >= 0.3 is 0 Å². The third kappa shape index (κ3) is 5.00. The third-order valence-corrected chi connectivity index (χ3v) is 7.92. The van der Waals surface area contributed by atoms with Crippen molar-refractivity contribution in [1.29, 1.82) is 0 Å². The Balaban J connectivity index is 1.46. The number of aryl methyl sites for hydroxylation is 1. The molecule has 0 aliphatic rings. The molecule has 0 saturated heterocycles. The molecule has 0 radical (unpaired) electrons. The van der Waals surface area contributed by atoms with Gasteiger partial charge in [-0.2, -0.15) is 0 Å². The Morgan fingerprint density at radius 2 is 1.79 bits per heavy atom. The van der Waals surface area contributed by atoms with Gasteiger partial charge < -0.3 is 9.64 Å². The number of rotatable bonds is 8. The summed E-state index contributed by atoms with van der Waals surface area (Å²) in [5.74, 6) is 0.296. The van der Waals surface area contributed by atoms with E-state index in [1.807, 2.05) is 43.3 Å². The second-order valence-electron chi connectivity index (χ2n) is 9.00. The lowest BCUT2D eigenvalue weighted by molar-refractivity contribution is 0.0985. The van der Waals surface area contributed by atoms with Crippen molar-refractivity contribution in [2.45, 2.75) is 30.1 Å². The number of pyridine rings is 1. The van der Waals surface area contributed by atoms with E-state index in [2.05, 4.69) is 10.1 Å². The number of hydrogen-bond acceptors (Lipinski definition) is 5. The SMILES string of the molecule is CCCN(C(=O)c1c(C)[nH]n(-c2ccccc2)c1=O)c1ccc(S(=O)c2ccnc3cc(OC)ccc23)cc1. The molecule has 1 amide bonds. The molecule has 9 heteroatoms. The molecule has 5 rings (SSSR count). The van der Waals surface area contributed by atoms with Crippen LogP contribution in [0.1, 0.15) is 29.4 Å². The van der Waals surface area contributed by atoms with Crippen LogP contribution in [0.5, 0.6) is 5.75 Å². The van der Waals surface area contributed by atoms with Gasteiger partial charge in [0, 0.05) is 40.5 Å². The number of carbonyl (C=O) groups excluding carboxylic acids is 1. The van der Waals surface area contributed by atoms with Crippen LogP contribution in [0.25, 0.3) is 16.6 Å². The highest BCUT2D eigenvalue weighted by Gasteiger charge is 2.25. The normalized spacial score (nSPS) is 11.9. The Hall–Kier alpha value is -4.50. The van der Waals surface area contributed by atoms with Gasteiger partial charge in [-0.1, -0.05) is 25.1 Å². The van der Waals surface area contributed by atoms with Gasteiger partial charge in [-0.15, -0.1) is 0 Å². The highest BCUT2D eigenvalue weighted by Crippen LogP contribution is 2.28. The molecule has 5 aromatic rings. The Labute approximate surface area is 228 Å². The number of hydrogen-bond donors (Lipinski definition) is 1. The molecule has 0 aliphatic carbocycles. The lowest BCUT2D eigenvalue weighted by Crippen LogP contribution is -2.35. The summed E-state index contributed by atoms with van der Waals surface area (Å²) >= 11 is 0. The predicted molar refractivity (Wildman–Crippen MR) is 153 cm³/mol. The van der Waals surface area contributed by atoms with E-state index in [1.54, 1.807) is 67.6 Å². The molecule has 8 nitrogen and oxygen atoms in total. The summed E-state index contributed by atoms with van der Waals surface area (Å²) in [5, 5.41) is 3.80. The van der Waals surface area contributed by atoms with Crippen molar-refractivity contribution in [2.24, 2.45) is 0 Å². The van der Waals surface area contributed by atoms with E-state index in [0.29, 0.717) is 51.1 Å². The molecule has 2 aromatic heterocycles. The molecule has 3 aromatic carbocycles. The fourth-order valence-electron chi connectivity index (χ4n) is 4.53. The summed E-state index contributed by atoms with van der Waals surface area (Å²) in [4.78, 5) is 34.1. The van der Waals surface area contributed by atoms with Gasteiger partial charge in [-0.3, -0.25) is 19.7 Å². The van der Waals surface area contributed by atoms with Crippen LogP contribution in [0.4, 0.5) is 5.69 Å². The van der Waals surface area contributed by atoms with Crippen LogP contribution in [-0.4, -0.2) is 38.5 Å². The maximum Gasteiger partial charge on any atom is 0.284 e. The minimum Gasteiger partial charge on any atom is -0.497 e. The second kappa shape index (κ2) is 11.1. The first-order chi connectivity index (χ1) is 18.9. The van der Waals surface area contributed by atoms with Crippen molar-refractivity contribution in [3.05, 3.63) is 107 Å². The minimum atomic E-state index is -1.47. The first-order valence-corrected chi connectivity index (χ1v) is 13.7. The molecule has 0 aliphatic heterocycles. The van der Waals surface area contributed by atoms with Crippen LogP contribution >= 0.6 is 0 Å². The van der Waals surface area contributed by atoms with E-state index in [4.69, 9.17) is 4.74 Å². The number of carbonyl (C=O) groups is 1. The van der Waals surface area contributed by atoms with Crippen LogP contribution in [0.15, 0.2) is 99.6 Å². The fourth-order valence-corrected chi connectivity index (χ4v) is 5.72. The molecule has 0 bridgehead atoms. The number of nitrogens with one attached hydrogen (secondary N) is 1. The quantitative estimate of drug-likeness (QED) is 0.290. The van der Waals surface area contributed by atoms with Crippen molar-refractivity contribution >= 4 is 33.3 Å². The average molecular weight is 541 g/mol. The molecule has 1 N–H and O–H groups in total. The van der Waals surface area contributed by atoms with Crippen molar-refractivity contribution in [3.8, 4) is 11.4 Å². The summed E-state index contributed by atoms with van der Waals surface area (Å²) in [6.45, 7) is 4.12.